The van der Waals surface area contributed by atoms with Crippen molar-refractivity contribution in [2.75, 3.05) is 23.3 Å². The molecular weight excluding hydrogens is 394 g/mol. The Hall–Kier alpha value is -3.68. The van der Waals surface area contributed by atoms with Gasteiger partial charge in [0.15, 0.2) is 12.1 Å². The van der Waals surface area contributed by atoms with Gasteiger partial charge < -0.3 is 20.1 Å². The van der Waals surface area contributed by atoms with Crippen molar-refractivity contribution in [3.05, 3.63) is 54.2 Å². The number of hydrogen-bond donors (Lipinski definition) is 2. The summed E-state index contributed by atoms with van der Waals surface area (Å²) in [5.41, 5.74) is 2.64. The maximum Gasteiger partial charge on any atom is 0.213 e. The van der Waals surface area contributed by atoms with E-state index in [1.54, 1.807) is 24.3 Å². The monoisotopic (exact) mass is 417 g/mol. The zero-order chi connectivity index (χ0) is 21.4. The van der Waals surface area contributed by atoms with Gasteiger partial charge in [-0.3, -0.25) is 4.79 Å². The van der Waals surface area contributed by atoms with Crippen LogP contribution in [0.2, 0.25) is 0 Å². The van der Waals surface area contributed by atoms with E-state index in [0.717, 1.165) is 37.2 Å². The predicted molar refractivity (Wildman–Crippen MR) is 117 cm³/mol. The Bertz CT molecular complexity index is 1120. The molecule has 2 aliphatic heterocycles. The van der Waals surface area contributed by atoms with Crippen LogP contribution in [0, 0.1) is 0 Å². The van der Waals surface area contributed by atoms with Gasteiger partial charge in [0.05, 0.1) is 23.5 Å². The van der Waals surface area contributed by atoms with Crippen molar-refractivity contribution in [3.63, 3.8) is 0 Å². The van der Waals surface area contributed by atoms with Gasteiger partial charge in [0.25, 0.3) is 0 Å². The summed E-state index contributed by atoms with van der Waals surface area (Å²) in [5.74, 6) is 1.42. The smallest absolute Gasteiger partial charge is 0.213 e. The maximum absolute atomic E-state index is 10.9. The Morgan fingerprint density at radius 1 is 1.29 bits per heavy atom. The first kappa shape index (κ1) is 19.3. The minimum Gasteiger partial charge on any atom is -0.507 e. The molecule has 31 heavy (non-hydrogen) atoms. The van der Waals surface area contributed by atoms with Crippen LogP contribution in [0.15, 0.2) is 48.7 Å². The Morgan fingerprint density at radius 3 is 2.90 bits per heavy atom. The van der Waals surface area contributed by atoms with E-state index in [4.69, 9.17) is 4.74 Å². The molecule has 8 nitrogen and oxygen atoms in total. The first-order valence-corrected chi connectivity index (χ1v) is 10.4. The first-order chi connectivity index (χ1) is 15.1. The molecule has 0 aliphatic carbocycles. The number of ether oxygens (including phenoxy) is 1. The minimum atomic E-state index is -0.112. The molecule has 8 heteroatoms. The van der Waals surface area contributed by atoms with E-state index >= 15 is 0 Å². The normalized spacial score (nSPS) is 21.7. The topological polar surface area (TPSA) is 100 Å². The molecule has 158 valence electrons. The van der Waals surface area contributed by atoms with Crippen molar-refractivity contribution >= 4 is 17.8 Å². The summed E-state index contributed by atoms with van der Waals surface area (Å²) in [6.07, 6.45) is 4.01. The van der Waals surface area contributed by atoms with E-state index in [0.29, 0.717) is 29.2 Å². The maximum atomic E-state index is 10.9. The molecule has 5 rings (SSSR count). The zero-order valence-electron chi connectivity index (χ0n) is 17.2. The molecule has 1 fully saturated rings. The third kappa shape index (κ3) is 3.34. The van der Waals surface area contributed by atoms with Crippen molar-refractivity contribution in [1.82, 2.24) is 15.2 Å². The van der Waals surface area contributed by atoms with Gasteiger partial charge >= 0.3 is 0 Å². The number of aromatic hydroxyl groups is 1. The molecule has 0 unspecified atom stereocenters. The molecule has 2 atom stereocenters. The fourth-order valence-corrected chi connectivity index (χ4v) is 4.54. The largest absolute Gasteiger partial charge is 0.507 e. The van der Waals surface area contributed by atoms with Gasteiger partial charge in [0.2, 0.25) is 5.88 Å². The first-order valence-electron chi connectivity index (χ1n) is 10.4. The molecule has 0 saturated carbocycles. The van der Waals surface area contributed by atoms with E-state index in [1.165, 1.54) is 6.20 Å². The lowest BCUT2D eigenvalue weighted by molar-refractivity contribution is 0.112. The number of phenolic OH excluding ortho intramolecular Hbond substituents is 1. The number of carbonyl (C=O) groups excluding carboxylic acids is 1. The van der Waals surface area contributed by atoms with Gasteiger partial charge in [-0.2, -0.15) is 0 Å². The second-order valence-electron chi connectivity index (χ2n) is 8.01. The number of aromatic nitrogens is 3. The number of aldehydes is 1. The van der Waals surface area contributed by atoms with Crippen LogP contribution in [0.1, 0.15) is 30.1 Å². The van der Waals surface area contributed by atoms with Crippen LogP contribution in [0.3, 0.4) is 0 Å². The van der Waals surface area contributed by atoms with Crippen LogP contribution < -0.4 is 15.0 Å². The van der Waals surface area contributed by atoms with Gasteiger partial charge in [0.1, 0.15) is 11.9 Å². The molecule has 4 heterocycles. The van der Waals surface area contributed by atoms with Crippen molar-refractivity contribution < 1.29 is 14.6 Å². The van der Waals surface area contributed by atoms with E-state index in [2.05, 4.69) is 32.3 Å². The van der Waals surface area contributed by atoms with Gasteiger partial charge in [-0.15, -0.1) is 10.2 Å². The average Bonchev–Trinajstić information content (AvgIpc) is 3.19. The van der Waals surface area contributed by atoms with Gasteiger partial charge in [0, 0.05) is 36.4 Å². The Morgan fingerprint density at radius 2 is 2.16 bits per heavy atom. The third-order valence-corrected chi connectivity index (χ3v) is 6.24. The van der Waals surface area contributed by atoms with Crippen LogP contribution in [-0.2, 0) is 0 Å². The van der Waals surface area contributed by atoms with Gasteiger partial charge in [-0.1, -0.05) is 19.1 Å². The standard InChI is InChI=1S/C23H23N5O3/c1-2-23-10-16(31-21-8-7-15(13-29)11-24-21)12-28(23)19-9-18(26-27-22(19)25-14-23)17-5-3-4-6-20(17)30/h3-9,11,13,16,30H,2,10,12,14H2,1H3,(H,25,27)/t16-,23-/m1/s1. The number of para-hydroxylation sites is 1. The van der Waals surface area contributed by atoms with Gasteiger partial charge in [-0.25, -0.2) is 4.98 Å². The highest BCUT2D eigenvalue weighted by Gasteiger charge is 2.48. The summed E-state index contributed by atoms with van der Waals surface area (Å²) in [6, 6.07) is 12.5. The van der Waals surface area contributed by atoms with E-state index < -0.39 is 0 Å². The molecule has 0 bridgehead atoms. The zero-order valence-corrected chi connectivity index (χ0v) is 17.2. The SMILES string of the molecule is CC[C@@]12CNc3nnc(-c4ccccc4O)cc3N1C[C@H](Oc1ccc(C=O)cn1)C2. The summed E-state index contributed by atoms with van der Waals surface area (Å²) in [4.78, 5) is 17.5. The highest BCUT2D eigenvalue weighted by Crippen LogP contribution is 2.45. The van der Waals surface area contributed by atoms with Crippen LogP contribution in [0.4, 0.5) is 11.5 Å². The lowest BCUT2D eigenvalue weighted by Gasteiger charge is -2.43. The Labute approximate surface area is 179 Å². The number of anilines is 2. The number of nitrogens with zero attached hydrogens (tertiary/aromatic N) is 4. The number of nitrogens with one attached hydrogen (secondary N) is 1. The summed E-state index contributed by atoms with van der Waals surface area (Å²) in [7, 11) is 0. The highest BCUT2D eigenvalue weighted by molar-refractivity contribution is 5.77. The molecule has 2 aromatic heterocycles. The average molecular weight is 417 g/mol. The number of rotatable bonds is 5. The number of carbonyl (C=O) groups is 1. The molecule has 0 amide bonds. The molecule has 2 aliphatic rings. The van der Waals surface area contributed by atoms with Gasteiger partial charge in [-0.05, 0) is 30.7 Å². The van der Waals surface area contributed by atoms with Crippen LogP contribution in [0.5, 0.6) is 11.6 Å². The number of hydrogen-bond acceptors (Lipinski definition) is 8. The van der Waals surface area contributed by atoms with Crippen LogP contribution >= 0.6 is 0 Å². The molecule has 1 aromatic carbocycles. The molecule has 1 saturated heterocycles. The van der Waals surface area contributed by atoms with Crippen LogP contribution in [-0.4, -0.2) is 51.3 Å². The van der Waals surface area contributed by atoms with Crippen LogP contribution in [0.25, 0.3) is 11.3 Å². The Kier molecular flexibility index (Phi) is 4.69. The lowest BCUT2D eigenvalue weighted by atomic mass is 9.90. The molecule has 0 radical (unpaired) electrons. The summed E-state index contributed by atoms with van der Waals surface area (Å²) in [6.45, 7) is 3.61. The number of fused-ring (bicyclic) bond motifs is 3. The second-order valence-corrected chi connectivity index (χ2v) is 8.01. The van der Waals surface area contributed by atoms with E-state index in [-0.39, 0.29) is 17.4 Å². The fraction of sp³-hybridized carbons (Fsp3) is 0.304. The number of phenols is 1. The summed E-state index contributed by atoms with van der Waals surface area (Å²) in [5, 5.41) is 22.4. The highest BCUT2D eigenvalue weighted by atomic mass is 16.5. The van der Waals surface area contributed by atoms with Crippen molar-refractivity contribution in [3.8, 4) is 22.9 Å². The van der Waals surface area contributed by atoms with E-state index in [1.807, 2.05) is 18.2 Å². The van der Waals surface area contributed by atoms with Crippen molar-refractivity contribution in [2.45, 2.75) is 31.4 Å². The summed E-state index contributed by atoms with van der Waals surface area (Å²) >= 11 is 0. The molecule has 2 N–H and O–H groups in total. The predicted octanol–water partition coefficient (Wildman–Crippen LogP) is 3.29. The summed E-state index contributed by atoms with van der Waals surface area (Å²) < 4.78 is 6.17. The lowest BCUT2D eigenvalue weighted by Crippen LogP contribution is -2.52. The quantitative estimate of drug-likeness (QED) is 0.610. The van der Waals surface area contributed by atoms with E-state index in [9.17, 15) is 9.90 Å². The van der Waals surface area contributed by atoms with Crippen molar-refractivity contribution in [1.29, 1.82) is 0 Å². The molecular formula is C23H23N5O3. The third-order valence-electron chi connectivity index (χ3n) is 6.24. The molecule has 0 spiro atoms. The van der Waals surface area contributed by atoms with Crippen molar-refractivity contribution in [2.24, 2.45) is 0 Å². The Balaban J connectivity index is 1.46. The fourth-order valence-electron chi connectivity index (χ4n) is 4.54. The number of benzene rings is 1. The second kappa shape index (κ2) is 7.54. The minimum absolute atomic E-state index is 0.0518. The molecule has 3 aromatic rings. The number of pyridine rings is 1.